The summed E-state index contributed by atoms with van der Waals surface area (Å²) < 4.78 is 6.81. The summed E-state index contributed by atoms with van der Waals surface area (Å²) in [5.41, 5.74) is 7.35. The van der Waals surface area contributed by atoms with Crippen LogP contribution in [0, 0.1) is 0 Å². The van der Waals surface area contributed by atoms with Crippen LogP contribution in [0.1, 0.15) is 38.4 Å². The van der Waals surface area contributed by atoms with E-state index in [4.69, 9.17) is 10.3 Å². The highest BCUT2D eigenvalue weighted by molar-refractivity contribution is 5.78. The van der Waals surface area contributed by atoms with Crippen LogP contribution < -0.4 is 11.4 Å². The molecule has 2 N–H and O–H groups in total. The summed E-state index contributed by atoms with van der Waals surface area (Å²) >= 11 is 0. The zero-order valence-electron chi connectivity index (χ0n) is 9.73. The molecule has 0 amide bonds. The molecule has 0 saturated carbocycles. The molecule has 0 radical (unpaired) electrons. The van der Waals surface area contributed by atoms with Gasteiger partial charge in [0.05, 0.1) is 16.9 Å². The lowest BCUT2D eigenvalue weighted by molar-refractivity contribution is 0.234. The number of hydrogen-bond acceptors (Lipinski definition) is 3. The molecule has 0 fully saturated rings. The van der Waals surface area contributed by atoms with Crippen molar-refractivity contribution in [3.63, 3.8) is 0 Å². The first-order valence-corrected chi connectivity index (χ1v) is 5.41. The molecule has 16 heavy (non-hydrogen) atoms. The van der Waals surface area contributed by atoms with E-state index < -0.39 is 0 Å². The van der Waals surface area contributed by atoms with Gasteiger partial charge in [-0.15, -0.1) is 0 Å². The van der Waals surface area contributed by atoms with Gasteiger partial charge in [0.2, 0.25) is 0 Å². The van der Waals surface area contributed by atoms with Gasteiger partial charge >= 0.3 is 5.63 Å². The fourth-order valence-electron chi connectivity index (χ4n) is 1.76. The van der Waals surface area contributed by atoms with Crippen molar-refractivity contribution in [1.82, 2.24) is 4.74 Å². The summed E-state index contributed by atoms with van der Waals surface area (Å²) in [6.07, 6.45) is 0. The van der Waals surface area contributed by atoms with Crippen molar-refractivity contribution in [2.45, 2.75) is 32.9 Å². The van der Waals surface area contributed by atoms with Gasteiger partial charge in [0, 0.05) is 6.04 Å². The maximum atomic E-state index is 11.6. The Hall–Kier alpha value is -1.55. The highest BCUT2D eigenvalue weighted by Gasteiger charge is 2.12. The number of nitrogens with zero attached hydrogens (tertiary/aromatic N) is 1. The molecule has 2 rings (SSSR count). The average Bonchev–Trinajstić information content (AvgIpc) is 2.56. The Morgan fingerprint density at radius 2 is 2.00 bits per heavy atom. The van der Waals surface area contributed by atoms with Crippen molar-refractivity contribution in [3.8, 4) is 0 Å². The summed E-state index contributed by atoms with van der Waals surface area (Å²) in [6, 6.07) is 5.64. The number of hydrogen-bond donors (Lipinski definition) is 1. The van der Waals surface area contributed by atoms with Crippen molar-refractivity contribution in [1.29, 1.82) is 0 Å². The van der Waals surface area contributed by atoms with Gasteiger partial charge in [-0.3, -0.25) is 0 Å². The first kappa shape index (κ1) is 11.0. The van der Waals surface area contributed by atoms with E-state index in [9.17, 15) is 4.79 Å². The third kappa shape index (κ3) is 1.65. The van der Waals surface area contributed by atoms with Crippen LogP contribution in [0.15, 0.2) is 27.5 Å². The predicted octanol–water partition coefficient (Wildman–Crippen LogP) is 2.20. The largest absolute Gasteiger partial charge is 0.365 e. The van der Waals surface area contributed by atoms with E-state index in [2.05, 4.69) is 0 Å². The smallest absolute Gasteiger partial charge is 0.335 e. The number of benzene rings is 1. The molecule has 1 aromatic carbocycles. The minimum Gasteiger partial charge on any atom is -0.335 e. The first-order chi connectivity index (χ1) is 7.50. The Labute approximate surface area is 93.6 Å². The van der Waals surface area contributed by atoms with Gasteiger partial charge in [-0.25, -0.2) is 9.53 Å². The molecular formula is C12H16N2O2. The molecule has 0 aliphatic rings. The number of fused-ring (bicyclic) bond motifs is 1. The number of aromatic nitrogens is 1. The average molecular weight is 220 g/mol. The van der Waals surface area contributed by atoms with Crippen LogP contribution in [0.5, 0.6) is 0 Å². The molecule has 0 bridgehead atoms. The van der Waals surface area contributed by atoms with Gasteiger partial charge in [-0.1, -0.05) is 6.07 Å². The fourth-order valence-corrected chi connectivity index (χ4v) is 1.76. The molecule has 0 spiro atoms. The van der Waals surface area contributed by atoms with Crippen LogP contribution in [-0.4, -0.2) is 4.74 Å². The summed E-state index contributed by atoms with van der Waals surface area (Å²) in [5, 5.41) is 0.609. The normalized spacial score (nSPS) is 13.6. The lowest BCUT2D eigenvalue weighted by Crippen LogP contribution is -2.05. The van der Waals surface area contributed by atoms with E-state index in [-0.39, 0.29) is 17.7 Å². The fraction of sp³-hybridized carbons (Fsp3) is 0.417. The van der Waals surface area contributed by atoms with E-state index in [0.717, 1.165) is 11.1 Å². The van der Waals surface area contributed by atoms with Gasteiger partial charge in [0.25, 0.3) is 0 Å². The molecule has 4 heteroatoms. The van der Waals surface area contributed by atoms with Crippen molar-refractivity contribution in [2.24, 2.45) is 5.73 Å². The predicted molar refractivity (Wildman–Crippen MR) is 63.5 cm³/mol. The summed E-state index contributed by atoms with van der Waals surface area (Å²) in [6.45, 7) is 5.86. The SMILES string of the molecule is CC(N)c1ccc2c(=O)on(C(C)C)c2c1. The van der Waals surface area contributed by atoms with Crippen molar-refractivity contribution in [3.05, 3.63) is 34.2 Å². The molecule has 1 unspecified atom stereocenters. The second-order valence-electron chi connectivity index (χ2n) is 4.36. The molecule has 0 aliphatic heterocycles. The summed E-state index contributed by atoms with van der Waals surface area (Å²) in [5.74, 6) is 0. The van der Waals surface area contributed by atoms with Gasteiger partial charge < -0.3 is 10.3 Å². The summed E-state index contributed by atoms with van der Waals surface area (Å²) in [7, 11) is 0. The zero-order valence-corrected chi connectivity index (χ0v) is 9.73. The topological polar surface area (TPSA) is 61.2 Å². The van der Waals surface area contributed by atoms with Gasteiger partial charge in [0.15, 0.2) is 0 Å². The molecular weight excluding hydrogens is 204 g/mol. The Kier molecular flexibility index (Phi) is 2.59. The van der Waals surface area contributed by atoms with Crippen LogP contribution >= 0.6 is 0 Å². The lowest BCUT2D eigenvalue weighted by Gasteiger charge is -2.08. The minimum atomic E-state index is -0.292. The van der Waals surface area contributed by atoms with Gasteiger partial charge in [-0.2, -0.15) is 0 Å². The molecule has 4 nitrogen and oxygen atoms in total. The van der Waals surface area contributed by atoms with Crippen LogP contribution in [0.2, 0.25) is 0 Å². The quantitative estimate of drug-likeness (QED) is 0.843. The third-order valence-electron chi connectivity index (χ3n) is 2.66. The maximum Gasteiger partial charge on any atom is 0.365 e. The zero-order chi connectivity index (χ0) is 11.9. The monoisotopic (exact) mass is 220 g/mol. The van der Waals surface area contributed by atoms with Crippen molar-refractivity contribution < 1.29 is 4.52 Å². The molecule has 86 valence electrons. The van der Waals surface area contributed by atoms with Crippen molar-refractivity contribution in [2.75, 3.05) is 0 Å². The van der Waals surface area contributed by atoms with E-state index in [1.165, 1.54) is 0 Å². The first-order valence-electron chi connectivity index (χ1n) is 5.41. The maximum absolute atomic E-state index is 11.6. The Bertz CT molecular complexity index is 564. The Balaban J connectivity index is 2.74. The molecule has 1 aromatic heterocycles. The van der Waals surface area contributed by atoms with Crippen LogP contribution in [0.4, 0.5) is 0 Å². The van der Waals surface area contributed by atoms with Crippen LogP contribution in [0.25, 0.3) is 10.9 Å². The molecule has 1 atom stereocenters. The van der Waals surface area contributed by atoms with E-state index in [1.54, 1.807) is 10.8 Å². The third-order valence-corrected chi connectivity index (χ3v) is 2.66. The van der Waals surface area contributed by atoms with E-state index in [0.29, 0.717) is 5.39 Å². The van der Waals surface area contributed by atoms with Gasteiger partial charge in [-0.05, 0) is 38.5 Å². The minimum absolute atomic E-state index is 0.0463. The lowest BCUT2D eigenvalue weighted by atomic mass is 10.1. The Morgan fingerprint density at radius 3 is 2.56 bits per heavy atom. The van der Waals surface area contributed by atoms with Crippen molar-refractivity contribution >= 4 is 10.9 Å². The van der Waals surface area contributed by atoms with Gasteiger partial charge in [0.1, 0.15) is 0 Å². The highest BCUT2D eigenvalue weighted by Crippen LogP contribution is 2.20. The molecule has 0 aliphatic carbocycles. The Morgan fingerprint density at radius 1 is 1.31 bits per heavy atom. The second-order valence-corrected chi connectivity index (χ2v) is 4.36. The second kappa shape index (κ2) is 3.79. The number of rotatable bonds is 2. The standard InChI is InChI=1S/C12H16N2O2/c1-7(2)14-11-6-9(8(3)13)4-5-10(11)12(15)16-14/h4-8H,13H2,1-3H3. The van der Waals surface area contributed by atoms with Crippen LogP contribution in [0.3, 0.4) is 0 Å². The van der Waals surface area contributed by atoms with E-state index >= 15 is 0 Å². The van der Waals surface area contributed by atoms with Crippen LogP contribution in [-0.2, 0) is 0 Å². The molecule has 0 saturated heterocycles. The molecule has 2 aromatic rings. The van der Waals surface area contributed by atoms with E-state index in [1.807, 2.05) is 32.9 Å². The summed E-state index contributed by atoms with van der Waals surface area (Å²) in [4.78, 5) is 11.6. The number of nitrogens with two attached hydrogens (primary N) is 1. The highest BCUT2D eigenvalue weighted by atomic mass is 16.5. The molecule has 1 heterocycles.